The van der Waals surface area contributed by atoms with Crippen LogP contribution < -0.4 is 0 Å². The lowest BCUT2D eigenvalue weighted by molar-refractivity contribution is -0.209. The van der Waals surface area contributed by atoms with Crippen LogP contribution in [0.1, 0.15) is 31.2 Å². The fraction of sp³-hybridized carbons (Fsp3) is 0.562. The number of carbonyl (C=O) groups is 1. The zero-order chi connectivity index (χ0) is 16.9. The molecule has 4 nitrogen and oxygen atoms in total. The maximum Gasteiger partial charge on any atom is 0.414 e. The number of carbonyl (C=O) groups excluding carboxylic acids is 1. The van der Waals surface area contributed by atoms with Crippen molar-refractivity contribution in [3.63, 3.8) is 0 Å². The molecule has 1 aromatic carbocycles. The monoisotopic (exact) mass is 331 g/mol. The minimum Gasteiger partial charge on any atom is -0.445 e. The standard InChI is InChI=1S/C16H20F3NO3/c17-16(18,19)14(21)10-13-8-4-5-9-20(13)15(22)23-11-12-6-2-1-3-7-12/h1-3,6-7,13-14,21H,4-5,8-11H2. The highest BCUT2D eigenvalue weighted by Gasteiger charge is 2.41. The van der Waals surface area contributed by atoms with Crippen molar-refractivity contribution in [2.45, 2.75) is 50.6 Å². The molecule has 1 amide bonds. The number of aliphatic hydroxyl groups excluding tert-OH is 1. The Balaban J connectivity index is 1.93. The summed E-state index contributed by atoms with van der Waals surface area (Å²) >= 11 is 0. The molecule has 0 aromatic heterocycles. The number of ether oxygens (including phenoxy) is 1. The molecule has 1 aliphatic heterocycles. The molecule has 1 saturated heterocycles. The zero-order valence-corrected chi connectivity index (χ0v) is 12.6. The van der Waals surface area contributed by atoms with Gasteiger partial charge in [-0.05, 0) is 24.8 Å². The summed E-state index contributed by atoms with van der Waals surface area (Å²) in [5.41, 5.74) is 0.810. The molecule has 1 heterocycles. The second-order valence-corrected chi connectivity index (χ2v) is 5.68. The lowest BCUT2D eigenvalue weighted by atomic mass is 9.97. The normalized spacial score (nSPS) is 20.2. The fourth-order valence-corrected chi connectivity index (χ4v) is 2.68. The molecule has 1 N–H and O–H groups in total. The lowest BCUT2D eigenvalue weighted by Crippen LogP contribution is -2.47. The number of likely N-dealkylation sites (tertiary alicyclic amines) is 1. The Morgan fingerprint density at radius 2 is 2.00 bits per heavy atom. The van der Waals surface area contributed by atoms with E-state index in [1.54, 1.807) is 12.1 Å². The fourth-order valence-electron chi connectivity index (χ4n) is 2.68. The quantitative estimate of drug-likeness (QED) is 0.919. The second kappa shape index (κ2) is 7.68. The smallest absolute Gasteiger partial charge is 0.414 e. The first-order valence-electron chi connectivity index (χ1n) is 7.60. The van der Waals surface area contributed by atoms with E-state index >= 15 is 0 Å². The van der Waals surface area contributed by atoms with Crippen LogP contribution in [0.5, 0.6) is 0 Å². The number of halogens is 3. The zero-order valence-electron chi connectivity index (χ0n) is 12.6. The van der Waals surface area contributed by atoms with E-state index in [-0.39, 0.29) is 6.61 Å². The minimum absolute atomic E-state index is 0.0741. The summed E-state index contributed by atoms with van der Waals surface area (Å²) in [5.74, 6) is 0. The molecule has 1 fully saturated rings. The molecule has 23 heavy (non-hydrogen) atoms. The Morgan fingerprint density at radius 1 is 1.30 bits per heavy atom. The molecular weight excluding hydrogens is 311 g/mol. The second-order valence-electron chi connectivity index (χ2n) is 5.68. The van der Waals surface area contributed by atoms with E-state index in [2.05, 4.69) is 0 Å². The van der Waals surface area contributed by atoms with Crippen molar-refractivity contribution >= 4 is 6.09 Å². The van der Waals surface area contributed by atoms with Gasteiger partial charge in [-0.15, -0.1) is 0 Å². The molecule has 2 unspecified atom stereocenters. The Bertz CT molecular complexity index is 507. The SMILES string of the molecule is O=C(OCc1ccccc1)N1CCCCC1CC(O)C(F)(F)F. The summed E-state index contributed by atoms with van der Waals surface area (Å²) in [6.07, 6.45) is -6.34. The number of aliphatic hydroxyl groups is 1. The first-order chi connectivity index (χ1) is 10.9. The van der Waals surface area contributed by atoms with Crippen LogP contribution in [0.15, 0.2) is 30.3 Å². The summed E-state index contributed by atoms with van der Waals surface area (Å²) in [6, 6.07) is 8.41. The maximum absolute atomic E-state index is 12.5. The number of amides is 1. The van der Waals surface area contributed by atoms with Gasteiger partial charge in [0.05, 0.1) is 0 Å². The summed E-state index contributed by atoms with van der Waals surface area (Å²) in [5, 5.41) is 9.24. The molecule has 7 heteroatoms. The first kappa shape index (κ1) is 17.6. The first-order valence-corrected chi connectivity index (χ1v) is 7.60. The van der Waals surface area contributed by atoms with E-state index in [1.165, 1.54) is 4.90 Å². The highest BCUT2D eigenvalue weighted by atomic mass is 19.4. The Hall–Kier alpha value is -1.76. The largest absolute Gasteiger partial charge is 0.445 e. The van der Waals surface area contributed by atoms with Crippen LogP contribution in [0.3, 0.4) is 0 Å². The van der Waals surface area contributed by atoms with Gasteiger partial charge in [0.15, 0.2) is 6.10 Å². The van der Waals surface area contributed by atoms with Crippen molar-refractivity contribution in [2.24, 2.45) is 0 Å². The topological polar surface area (TPSA) is 49.8 Å². The molecule has 0 bridgehead atoms. The van der Waals surface area contributed by atoms with E-state index in [0.717, 1.165) is 18.4 Å². The highest BCUT2D eigenvalue weighted by Crippen LogP contribution is 2.28. The molecule has 0 saturated carbocycles. The number of nitrogens with zero attached hydrogens (tertiary/aromatic N) is 1. The van der Waals surface area contributed by atoms with Crippen LogP contribution in [-0.4, -0.2) is 41.0 Å². The van der Waals surface area contributed by atoms with Gasteiger partial charge in [-0.1, -0.05) is 30.3 Å². The molecule has 0 radical (unpaired) electrons. The molecule has 1 aromatic rings. The third kappa shape index (κ3) is 5.13. The molecule has 2 atom stereocenters. The van der Waals surface area contributed by atoms with Crippen LogP contribution in [0.25, 0.3) is 0 Å². The summed E-state index contributed by atoms with van der Waals surface area (Å²) in [4.78, 5) is 13.5. The number of benzene rings is 1. The van der Waals surface area contributed by atoms with E-state index in [4.69, 9.17) is 4.74 Å². The molecule has 0 spiro atoms. The number of piperidine rings is 1. The Labute approximate surface area is 132 Å². The van der Waals surface area contributed by atoms with Crippen molar-refractivity contribution in [3.8, 4) is 0 Å². The van der Waals surface area contributed by atoms with Gasteiger partial charge in [0.25, 0.3) is 0 Å². The van der Waals surface area contributed by atoms with Crippen LogP contribution in [0.4, 0.5) is 18.0 Å². The van der Waals surface area contributed by atoms with Crippen LogP contribution in [0.2, 0.25) is 0 Å². The van der Waals surface area contributed by atoms with Gasteiger partial charge < -0.3 is 14.7 Å². The molecule has 128 valence electrons. The average Bonchev–Trinajstić information content (AvgIpc) is 2.53. The van der Waals surface area contributed by atoms with E-state index in [9.17, 15) is 23.1 Å². The van der Waals surface area contributed by atoms with Crippen molar-refractivity contribution in [3.05, 3.63) is 35.9 Å². The van der Waals surface area contributed by atoms with Crippen LogP contribution >= 0.6 is 0 Å². The molecule has 1 aliphatic rings. The van der Waals surface area contributed by atoms with E-state index < -0.39 is 30.8 Å². The predicted molar refractivity (Wildman–Crippen MR) is 77.7 cm³/mol. The average molecular weight is 331 g/mol. The Kier molecular flexibility index (Phi) is 5.87. The number of rotatable bonds is 4. The van der Waals surface area contributed by atoms with Gasteiger partial charge >= 0.3 is 12.3 Å². The summed E-state index contributed by atoms with van der Waals surface area (Å²) < 4.78 is 42.7. The third-order valence-electron chi connectivity index (χ3n) is 3.94. The Morgan fingerprint density at radius 3 is 2.65 bits per heavy atom. The summed E-state index contributed by atoms with van der Waals surface area (Å²) in [6.45, 7) is 0.424. The predicted octanol–water partition coefficient (Wildman–Crippen LogP) is 3.49. The van der Waals surface area contributed by atoms with Gasteiger partial charge in [-0.25, -0.2) is 4.79 Å². The van der Waals surface area contributed by atoms with Crippen molar-refractivity contribution in [2.75, 3.05) is 6.54 Å². The van der Waals surface area contributed by atoms with Crippen LogP contribution in [-0.2, 0) is 11.3 Å². The van der Waals surface area contributed by atoms with Crippen molar-refractivity contribution in [1.82, 2.24) is 4.90 Å². The van der Waals surface area contributed by atoms with Crippen molar-refractivity contribution < 1.29 is 27.8 Å². The number of hydrogen-bond acceptors (Lipinski definition) is 3. The number of hydrogen-bond donors (Lipinski definition) is 1. The summed E-state index contributed by atoms with van der Waals surface area (Å²) in [7, 11) is 0. The van der Waals surface area contributed by atoms with Crippen molar-refractivity contribution in [1.29, 1.82) is 0 Å². The molecule has 0 aliphatic carbocycles. The highest BCUT2D eigenvalue weighted by molar-refractivity contribution is 5.68. The number of alkyl halides is 3. The maximum atomic E-state index is 12.5. The van der Waals surface area contributed by atoms with Gasteiger partial charge in [0.1, 0.15) is 6.61 Å². The minimum atomic E-state index is -4.67. The molecule has 2 rings (SSSR count). The van der Waals surface area contributed by atoms with E-state index in [1.807, 2.05) is 18.2 Å². The van der Waals surface area contributed by atoms with Gasteiger partial charge in [0.2, 0.25) is 0 Å². The molecular formula is C16H20F3NO3. The van der Waals surface area contributed by atoms with Gasteiger partial charge in [0, 0.05) is 19.0 Å². The van der Waals surface area contributed by atoms with Gasteiger partial charge in [-0.2, -0.15) is 13.2 Å². The van der Waals surface area contributed by atoms with Crippen LogP contribution in [0, 0.1) is 0 Å². The lowest BCUT2D eigenvalue weighted by Gasteiger charge is -2.36. The third-order valence-corrected chi connectivity index (χ3v) is 3.94. The van der Waals surface area contributed by atoms with Gasteiger partial charge in [-0.3, -0.25) is 0 Å². The van der Waals surface area contributed by atoms with E-state index in [0.29, 0.717) is 13.0 Å².